The Bertz CT molecular complexity index is 602. The van der Waals surface area contributed by atoms with Crippen molar-refractivity contribution in [3.05, 3.63) is 17.3 Å². The third kappa shape index (κ3) is 2.18. The van der Waals surface area contributed by atoms with Crippen molar-refractivity contribution in [3.8, 4) is 0 Å². The Hall–Kier alpha value is -1.65. The van der Waals surface area contributed by atoms with Gasteiger partial charge in [-0.25, -0.2) is 0 Å². The number of hydrogen-bond acceptors (Lipinski definition) is 4. The molecule has 0 unspecified atom stereocenters. The van der Waals surface area contributed by atoms with Crippen molar-refractivity contribution in [2.45, 2.75) is 45.6 Å². The fourth-order valence-electron chi connectivity index (χ4n) is 4.60. The van der Waals surface area contributed by atoms with Crippen LogP contribution in [0.2, 0.25) is 0 Å². The Morgan fingerprint density at radius 1 is 1.23 bits per heavy atom. The summed E-state index contributed by atoms with van der Waals surface area (Å²) in [7, 11) is 0. The maximum Gasteiger partial charge on any atom is 0.222 e. The Morgan fingerprint density at radius 3 is 2.95 bits per heavy atom. The predicted molar refractivity (Wildman–Crippen MR) is 84.7 cm³/mol. The average molecular weight is 300 g/mol. The molecule has 0 aromatic carbocycles. The number of hydrogen-bond donors (Lipinski definition) is 0. The van der Waals surface area contributed by atoms with E-state index < -0.39 is 0 Å². The van der Waals surface area contributed by atoms with E-state index in [1.807, 2.05) is 6.20 Å². The smallest absolute Gasteiger partial charge is 0.222 e. The van der Waals surface area contributed by atoms with Gasteiger partial charge in [0.25, 0.3) is 0 Å². The molecule has 1 aromatic heterocycles. The third-order valence-corrected chi connectivity index (χ3v) is 5.81. The van der Waals surface area contributed by atoms with E-state index in [0.29, 0.717) is 23.8 Å². The lowest BCUT2D eigenvalue weighted by Crippen LogP contribution is -2.60. The molecule has 4 rings (SSSR count). The van der Waals surface area contributed by atoms with Gasteiger partial charge in [-0.15, -0.1) is 5.10 Å². The van der Waals surface area contributed by atoms with Crippen LogP contribution in [0.25, 0.3) is 0 Å². The lowest BCUT2D eigenvalue weighted by atomic mass is 9.76. The maximum absolute atomic E-state index is 12.2. The summed E-state index contributed by atoms with van der Waals surface area (Å²) in [6.07, 6.45) is 6.09. The topological polar surface area (TPSA) is 49.3 Å². The van der Waals surface area contributed by atoms with Crippen molar-refractivity contribution in [1.29, 1.82) is 0 Å². The fraction of sp³-hybridized carbons (Fsp3) is 0.706. The molecule has 5 heteroatoms. The van der Waals surface area contributed by atoms with E-state index in [0.717, 1.165) is 38.3 Å². The molecule has 0 radical (unpaired) electrons. The fourth-order valence-corrected chi connectivity index (χ4v) is 4.60. The molecular formula is C17H24N4O. The number of anilines is 1. The van der Waals surface area contributed by atoms with Gasteiger partial charge >= 0.3 is 0 Å². The third-order valence-electron chi connectivity index (χ3n) is 5.81. The first-order valence-electron chi connectivity index (χ1n) is 8.47. The van der Waals surface area contributed by atoms with E-state index in [1.165, 1.54) is 24.0 Å². The first kappa shape index (κ1) is 14.0. The summed E-state index contributed by atoms with van der Waals surface area (Å²) in [5.74, 6) is 2.61. The van der Waals surface area contributed by atoms with E-state index in [1.54, 1.807) is 0 Å². The average Bonchev–Trinajstić information content (AvgIpc) is 2.51. The van der Waals surface area contributed by atoms with E-state index in [4.69, 9.17) is 0 Å². The first-order chi connectivity index (χ1) is 10.6. The van der Waals surface area contributed by atoms with Crippen LogP contribution in [0.3, 0.4) is 0 Å². The molecule has 3 fully saturated rings. The Balaban J connectivity index is 1.60. The molecule has 2 bridgehead atoms. The highest BCUT2D eigenvalue weighted by Crippen LogP contribution is 2.39. The number of aromatic nitrogens is 2. The van der Waals surface area contributed by atoms with Gasteiger partial charge in [-0.1, -0.05) is 0 Å². The number of carbonyl (C=O) groups is 1. The van der Waals surface area contributed by atoms with E-state index in [2.05, 4.69) is 33.8 Å². The Labute approximate surface area is 131 Å². The molecule has 1 amide bonds. The molecule has 0 spiro atoms. The van der Waals surface area contributed by atoms with Crippen molar-refractivity contribution in [3.63, 3.8) is 0 Å². The van der Waals surface area contributed by atoms with Gasteiger partial charge in [-0.2, -0.15) is 5.10 Å². The van der Waals surface area contributed by atoms with Gasteiger partial charge in [-0.05, 0) is 56.1 Å². The molecule has 3 aliphatic heterocycles. The Morgan fingerprint density at radius 2 is 2.09 bits per heavy atom. The van der Waals surface area contributed by atoms with E-state index in [-0.39, 0.29) is 0 Å². The molecule has 5 nitrogen and oxygen atoms in total. The summed E-state index contributed by atoms with van der Waals surface area (Å²) >= 11 is 0. The van der Waals surface area contributed by atoms with Crippen LogP contribution < -0.4 is 4.90 Å². The first-order valence-corrected chi connectivity index (χ1v) is 8.47. The minimum absolute atomic E-state index is 0.380. The van der Waals surface area contributed by atoms with Crippen LogP contribution in [-0.2, 0) is 4.79 Å². The lowest BCUT2D eigenvalue weighted by molar-refractivity contribution is -0.142. The molecule has 0 aliphatic carbocycles. The molecule has 118 valence electrons. The quantitative estimate of drug-likeness (QED) is 0.795. The predicted octanol–water partition coefficient (Wildman–Crippen LogP) is 1.93. The second-order valence-corrected chi connectivity index (χ2v) is 7.25. The van der Waals surface area contributed by atoms with Crippen LogP contribution in [0.4, 0.5) is 5.82 Å². The van der Waals surface area contributed by atoms with Crippen molar-refractivity contribution < 1.29 is 4.79 Å². The standard InChI is InChI=1S/C17H24N4O/c1-11-7-18-19-17(12(11)2)20-8-13-6-14(10-20)15-4-3-5-16(22)21(15)9-13/h7,13-15H,3-6,8-10H2,1-2H3/t13-,14+,15-/m0/s1. The largest absolute Gasteiger partial charge is 0.354 e. The summed E-state index contributed by atoms with van der Waals surface area (Å²) in [6, 6.07) is 0.457. The summed E-state index contributed by atoms with van der Waals surface area (Å²) in [5, 5.41) is 8.56. The molecule has 0 N–H and O–H groups in total. The molecular weight excluding hydrogens is 276 g/mol. The highest BCUT2D eigenvalue weighted by Gasteiger charge is 2.44. The SMILES string of the molecule is Cc1cnnc(N2C[C@@H]3C[C@H](C2)[C@@H]2CCCC(=O)N2C3)c1C. The minimum Gasteiger partial charge on any atom is -0.354 e. The van der Waals surface area contributed by atoms with Crippen molar-refractivity contribution in [1.82, 2.24) is 15.1 Å². The minimum atomic E-state index is 0.380. The van der Waals surface area contributed by atoms with Gasteiger partial charge in [-0.3, -0.25) is 4.79 Å². The van der Waals surface area contributed by atoms with Gasteiger partial charge in [0.2, 0.25) is 5.91 Å². The monoisotopic (exact) mass is 300 g/mol. The van der Waals surface area contributed by atoms with E-state index >= 15 is 0 Å². The van der Waals surface area contributed by atoms with Crippen LogP contribution in [0.1, 0.15) is 36.8 Å². The number of nitrogens with zero attached hydrogens (tertiary/aromatic N) is 4. The molecule has 3 aliphatic rings. The zero-order chi connectivity index (χ0) is 15.3. The van der Waals surface area contributed by atoms with Crippen LogP contribution in [-0.4, -0.2) is 46.7 Å². The second-order valence-electron chi connectivity index (χ2n) is 7.25. The normalized spacial score (nSPS) is 31.2. The summed E-state index contributed by atoms with van der Waals surface area (Å²) in [5.41, 5.74) is 2.45. The molecule has 22 heavy (non-hydrogen) atoms. The second kappa shape index (κ2) is 5.21. The van der Waals surface area contributed by atoms with Crippen molar-refractivity contribution in [2.24, 2.45) is 11.8 Å². The Kier molecular flexibility index (Phi) is 3.31. The summed E-state index contributed by atoms with van der Waals surface area (Å²) in [6.45, 7) is 7.20. The van der Waals surface area contributed by atoms with Crippen LogP contribution in [0.5, 0.6) is 0 Å². The van der Waals surface area contributed by atoms with E-state index in [9.17, 15) is 4.79 Å². The molecule has 0 saturated carbocycles. The van der Waals surface area contributed by atoms with Crippen LogP contribution in [0, 0.1) is 25.7 Å². The van der Waals surface area contributed by atoms with Gasteiger partial charge in [0.05, 0.1) is 6.20 Å². The molecule has 3 saturated heterocycles. The van der Waals surface area contributed by atoms with Crippen LogP contribution in [0.15, 0.2) is 6.20 Å². The number of carbonyl (C=O) groups excluding carboxylic acids is 1. The lowest BCUT2D eigenvalue weighted by Gasteiger charge is -2.52. The number of aryl methyl sites for hydroxylation is 1. The van der Waals surface area contributed by atoms with Gasteiger partial charge < -0.3 is 9.80 Å². The number of piperidine rings is 3. The molecule has 1 aromatic rings. The highest BCUT2D eigenvalue weighted by molar-refractivity contribution is 5.77. The van der Waals surface area contributed by atoms with Gasteiger partial charge in [0.1, 0.15) is 0 Å². The van der Waals surface area contributed by atoms with Gasteiger partial charge in [0, 0.05) is 32.1 Å². The van der Waals surface area contributed by atoms with Crippen LogP contribution >= 0.6 is 0 Å². The van der Waals surface area contributed by atoms with Crippen molar-refractivity contribution in [2.75, 3.05) is 24.5 Å². The molecule has 3 atom stereocenters. The summed E-state index contributed by atoms with van der Waals surface area (Å²) in [4.78, 5) is 16.8. The number of amides is 1. The zero-order valence-electron chi connectivity index (χ0n) is 13.5. The highest BCUT2D eigenvalue weighted by atomic mass is 16.2. The number of rotatable bonds is 1. The summed E-state index contributed by atoms with van der Waals surface area (Å²) < 4.78 is 0. The number of fused-ring (bicyclic) bond motifs is 4. The maximum atomic E-state index is 12.2. The van der Waals surface area contributed by atoms with Gasteiger partial charge in [0.15, 0.2) is 5.82 Å². The van der Waals surface area contributed by atoms with Crippen molar-refractivity contribution >= 4 is 11.7 Å². The zero-order valence-corrected chi connectivity index (χ0v) is 13.5. The molecule has 4 heterocycles.